The summed E-state index contributed by atoms with van der Waals surface area (Å²) >= 11 is 1.50. The first kappa shape index (κ1) is 22.2. The maximum atomic E-state index is 12.5. The molecule has 6 rings (SSSR count). The summed E-state index contributed by atoms with van der Waals surface area (Å²) in [5.74, 6) is 0.659. The average Bonchev–Trinajstić information content (AvgIpc) is 3.42. The first-order chi connectivity index (χ1) is 17.1. The van der Waals surface area contributed by atoms with Crippen LogP contribution in [0.25, 0.3) is 10.9 Å². The largest absolute Gasteiger partial charge is 0.444 e. The molecule has 0 saturated carbocycles. The Bertz CT molecular complexity index is 1390. The van der Waals surface area contributed by atoms with Gasteiger partial charge in [0.2, 0.25) is 5.91 Å². The summed E-state index contributed by atoms with van der Waals surface area (Å²) in [5, 5.41) is 7.51. The van der Waals surface area contributed by atoms with Crippen molar-refractivity contribution in [1.29, 1.82) is 0 Å². The maximum Gasteiger partial charge on any atom is 0.414 e. The molecule has 4 heterocycles. The molecule has 3 aromatic rings. The molecule has 1 aromatic heterocycles. The van der Waals surface area contributed by atoms with Gasteiger partial charge in [0, 0.05) is 35.7 Å². The van der Waals surface area contributed by atoms with E-state index in [1.165, 1.54) is 17.3 Å². The minimum absolute atomic E-state index is 0.0285. The van der Waals surface area contributed by atoms with E-state index < -0.39 is 0 Å². The second-order valence-electron chi connectivity index (χ2n) is 9.24. The lowest BCUT2D eigenvalue weighted by Gasteiger charge is -2.20. The lowest BCUT2D eigenvalue weighted by atomic mass is 10.00. The number of carbonyl (C=O) groups excluding carboxylic acids is 2. The topological polar surface area (TPSA) is 92.7 Å². The molecule has 8 nitrogen and oxygen atoms in total. The Balaban J connectivity index is 1.00. The molecule has 9 heteroatoms. The van der Waals surface area contributed by atoms with E-state index in [-0.39, 0.29) is 29.6 Å². The van der Waals surface area contributed by atoms with Crippen LogP contribution in [0, 0.1) is 0 Å². The van der Waals surface area contributed by atoms with E-state index in [9.17, 15) is 14.4 Å². The van der Waals surface area contributed by atoms with Gasteiger partial charge in [-0.15, -0.1) is 11.8 Å². The lowest BCUT2D eigenvalue weighted by molar-refractivity contribution is -0.113. The van der Waals surface area contributed by atoms with Gasteiger partial charge in [-0.3, -0.25) is 14.5 Å². The molecule has 1 fully saturated rings. The minimum atomic E-state index is -0.347. The Morgan fingerprint density at radius 1 is 1.09 bits per heavy atom. The molecule has 0 radical (unpaired) electrons. The Labute approximate surface area is 206 Å². The molecule has 1 saturated heterocycles. The van der Waals surface area contributed by atoms with Crippen LogP contribution in [0.5, 0.6) is 0 Å². The summed E-state index contributed by atoms with van der Waals surface area (Å²) < 4.78 is 7.48. The van der Waals surface area contributed by atoms with Crippen molar-refractivity contribution >= 4 is 46.0 Å². The molecular weight excluding hydrogens is 464 g/mol. The van der Waals surface area contributed by atoms with Gasteiger partial charge in [-0.1, -0.05) is 18.2 Å². The molecule has 0 spiro atoms. The summed E-state index contributed by atoms with van der Waals surface area (Å²) in [6.07, 6.45) is 1.14. The van der Waals surface area contributed by atoms with Crippen LogP contribution in [0.3, 0.4) is 0 Å². The van der Waals surface area contributed by atoms with E-state index in [1.807, 2.05) is 28.8 Å². The number of aromatic nitrogens is 1. The molecule has 2 aromatic carbocycles. The normalized spacial score (nSPS) is 20.7. The molecule has 0 bridgehead atoms. The number of hydrogen-bond acceptors (Lipinski definition) is 6. The van der Waals surface area contributed by atoms with E-state index in [0.29, 0.717) is 18.8 Å². The number of amides is 2. The number of nitrogens with zero attached hydrogens (tertiary/aromatic N) is 2. The van der Waals surface area contributed by atoms with Crippen molar-refractivity contribution in [3.63, 3.8) is 0 Å². The molecule has 0 unspecified atom stereocenters. The molecule has 180 valence electrons. The van der Waals surface area contributed by atoms with E-state index in [1.54, 1.807) is 11.0 Å². The zero-order chi connectivity index (χ0) is 23.9. The Hall–Kier alpha value is -3.30. The molecule has 2 atom stereocenters. The molecular formula is C26H26N4O4S. The average molecular weight is 491 g/mol. The Morgan fingerprint density at radius 2 is 2.00 bits per heavy atom. The quantitative estimate of drug-likeness (QED) is 0.492. The van der Waals surface area contributed by atoms with E-state index in [4.69, 9.17) is 4.74 Å². The van der Waals surface area contributed by atoms with E-state index in [0.717, 1.165) is 53.1 Å². The van der Waals surface area contributed by atoms with Gasteiger partial charge in [0.05, 0.1) is 23.5 Å². The van der Waals surface area contributed by atoms with Crippen molar-refractivity contribution in [2.75, 3.05) is 35.6 Å². The van der Waals surface area contributed by atoms with Gasteiger partial charge in [0.25, 0.3) is 5.56 Å². The van der Waals surface area contributed by atoms with Crippen LogP contribution in [0.15, 0.2) is 58.2 Å². The predicted molar refractivity (Wildman–Crippen MR) is 136 cm³/mol. The highest BCUT2D eigenvalue weighted by Gasteiger charge is 2.32. The number of carbonyl (C=O) groups is 2. The molecule has 2 N–H and O–H groups in total. The first-order valence-corrected chi connectivity index (χ1v) is 12.9. The zero-order valence-electron chi connectivity index (χ0n) is 19.2. The highest BCUT2D eigenvalue weighted by molar-refractivity contribution is 8.00. The highest BCUT2D eigenvalue weighted by Crippen LogP contribution is 2.36. The van der Waals surface area contributed by atoms with Crippen molar-refractivity contribution in [1.82, 2.24) is 9.88 Å². The van der Waals surface area contributed by atoms with E-state index in [2.05, 4.69) is 28.8 Å². The minimum Gasteiger partial charge on any atom is -0.444 e. The first-order valence-electron chi connectivity index (χ1n) is 11.9. The van der Waals surface area contributed by atoms with Crippen molar-refractivity contribution in [2.45, 2.75) is 36.3 Å². The van der Waals surface area contributed by atoms with Crippen LogP contribution >= 0.6 is 11.8 Å². The second-order valence-corrected chi connectivity index (χ2v) is 10.3. The number of cyclic esters (lactones) is 1. The third kappa shape index (κ3) is 4.19. The smallest absolute Gasteiger partial charge is 0.414 e. The highest BCUT2D eigenvalue weighted by atomic mass is 32.2. The number of ether oxygens (including phenoxy) is 1. The van der Waals surface area contributed by atoms with Gasteiger partial charge < -0.3 is 19.9 Å². The van der Waals surface area contributed by atoms with Crippen LogP contribution < -0.4 is 21.1 Å². The Morgan fingerprint density at radius 3 is 2.91 bits per heavy atom. The van der Waals surface area contributed by atoms with Crippen LogP contribution in [0.1, 0.15) is 24.3 Å². The summed E-state index contributed by atoms with van der Waals surface area (Å²) in [6.45, 7) is 2.82. The molecule has 0 aliphatic carbocycles. The summed E-state index contributed by atoms with van der Waals surface area (Å²) in [7, 11) is 0. The summed E-state index contributed by atoms with van der Waals surface area (Å²) in [6, 6.07) is 15.5. The number of pyridine rings is 1. The van der Waals surface area contributed by atoms with Crippen LogP contribution in [-0.4, -0.2) is 48.1 Å². The number of fused-ring (bicyclic) bond motifs is 1. The SMILES string of the molecule is O=C1CSc2ccc(N3C[C@H](CCCNC[C@H]4Cn5c(=O)ccc6cccc4c65)OC3=O)cc2N1. The van der Waals surface area contributed by atoms with Gasteiger partial charge in [-0.2, -0.15) is 0 Å². The molecule has 3 aliphatic rings. The summed E-state index contributed by atoms with van der Waals surface area (Å²) in [5.41, 5.74) is 3.83. The second kappa shape index (κ2) is 9.05. The molecule has 2 amide bonds. The van der Waals surface area contributed by atoms with Gasteiger partial charge in [0.1, 0.15) is 6.10 Å². The van der Waals surface area contributed by atoms with E-state index >= 15 is 0 Å². The number of hydrogen-bond donors (Lipinski definition) is 2. The number of rotatable bonds is 7. The van der Waals surface area contributed by atoms with Crippen LogP contribution in [0.2, 0.25) is 0 Å². The predicted octanol–water partition coefficient (Wildman–Crippen LogP) is 3.54. The van der Waals surface area contributed by atoms with Crippen molar-refractivity contribution in [3.8, 4) is 0 Å². The fraction of sp³-hybridized carbons (Fsp3) is 0.346. The monoisotopic (exact) mass is 490 g/mol. The van der Waals surface area contributed by atoms with Crippen molar-refractivity contribution in [2.24, 2.45) is 0 Å². The standard InChI is InChI=1S/C26H26N4O4S/c31-23-15-35-22-8-7-18(11-21(22)28-23)29-14-19(34-26(29)33)4-2-10-27-12-17-13-30-24(32)9-6-16-3-1-5-20(17)25(16)30/h1,3,5-9,11,17,19,27H,2,4,10,12-15H2,(H,28,31)/t17-,19-/m0/s1. The Kier molecular flexibility index (Phi) is 5.74. The maximum absolute atomic E-state index is 12.5. The van der Waals surface area contributed by atoms with Crippen molar-refractivity contribution < 1.29 is 14.3 Å². The number of benzene rings is 2. The lowest BCUT2D eigenvalue weighted by Crippen LogP contribution is -2.26. The van der Waals surface area contributed by atoms with Gasteiger partial charge in [0.15, 0.2) is 0 Å². The third-order valence-corrected chi connectivity index (χ3v) is 8.01. The number of nitrogens with one attached hydrogen (secondary N) is 2. The van der Waals surface area contributed by atoms with Crippen LogP contribution in [-0.2, 0) is 16.1 Å². The number of anilines is 2. The van der Waals surface area contributed by atoms with Gasteiger partial charge >= 0.3 is 6.09 Å². The molecule has 35 heavy (non-hydrogen) atoms. The molecule has 3 aliphatic heterocycles. The summed E-state index contributed by atoms with van der Waals surface area (Å²) in [4.78, 5) is 39.1. The number of thioether (sulfide) groups is 1. The van der Waals surface area contributed by atoms with Gasteiger partial charge in [-0.25, -0.2) is 4.79 Å². The third-order valence-electron chi connectivity index (χ3n) is 6.93. The fourth-order valence-corrected chi connectivity index (χ4v) is 6.03. The van der Waals surface area contributed by atoms with Crippen LogP contribution in [0.4, 0.5) is 16.2 Å². The fourth-order valence-electron chi connectivity index (χ4n) is 5.24. The van der Waals surface area contributed by atoms with Gasteiger partial charge in [-0.05, 0) is 54.6 Å². The van der Waals surface area contributed by atoms with Crippen molar-refractivity contribution in [3.05, 3.63) is 64.4 Å². The zero-order valence-corrected chi connectivity index (χ0v) is 20.0. The number of para-hydroxylation sites is 1.